The minimum atomic E-state index is -0.370. The minimum Gasteiger partial charge on any atom is -0.493 e. The predicted molar refractivity (Wildman–Crippen MR) is 126 cm³/mol. The average molecular weight is 492 g/mol. The Morgan fingerprint density at radius 3 is 2.81 bits per heavy atom. The van der Waals surface area contributed by atoms with E-state index >= 15 is 0 Å². The lowest BCUT2D eigenvalue weighted by molar-refractivity contribution is 0.282. The molecule has 32 heavy (non-hydrogen) atoms. The molecule has 0 aliphatic rings. The van der Waals surface area contributed by atoms with Crippen LogP contribution in [-0.4, -0.2) is 17.1 Å². The van der Waals surface area contributed by atoms with Crippen LogP contribution in [0.1, 0.15) is 22.5 Å². The van der Waals surface area contributed by atoms with Crippen LogP contribution in [0.15, 0.2) is 59.1 Å². The van der Waals surface area contributed by atoms with Crippen LogP contribution in [0.25, 0.3) is 22.7 Å². The number of nitrogens with one attached hydrogen (secondary N) is 1. The van der Waals surface area contributed by atoms with Crippen molar-refractivity contribution in [1.29, 1.82) is 5.26 Å². The van der Waals surface area contributed by atoms with E-state index in [1.54, 1.807) is 25.3 Å². The normalized spacial score (nSPS) is 11.4. The summed E-state index contributed by atoms with van der Waals surface area (Å²) in [7, 11) is 1.56. The largest absolute Gasteiger partial charge is 0.493 e. The standard InChI is InChI=1S/C25H19BrFN3O2/c1-15-4-3-5-16(8-15)14-32-24-20(26)10-17(11-23(24)31-2)9-18(13-28)25-29-21-7-6-19(27)12-22(21)30-25/h3-12H,14H2,1-2H3,(H,29,30)/b18-9-. The fourth-order valence-electron chi connectivity index (χ4n) is 3.35. The van der Waals surface area contributed by atoms with Gasteiger partial charge in [0, 0.05) is 0 Å². The van der Waals surface area contributed by atoms with Crippen LogP contribution in [-0.2, 0) is 6.61 Å². The maximum atomic E-state index is 13.5. The quantitative estimate of drug-likeness (QED) is 0.315. The number of methoxy groups -OCH3 is 1. The summed E-state index contributed by atoms with van der Waals surface area (Å²) >= 11 is 3.55. The second-order valence-corrected chi connectivity index (χ2v) is 8.08. The minimum absolute atomic E-state index is 0.309. The Balaban J connectivity index is 1.64. The zero-order chi connectivity index (χ0) is 22.7. The molecule has 1 aromatic heterocycles. The molecule has 1 heterocycles. The fraction of sp³-hybridized carbons (Fsp3) is 0.120. The lowest BCUT2D eigenvalue weighted by Crippen LogP contribution is -1.99. The number of aromatic amines is 1. The molecule has 0 unspecified atom stereocenters. The molecule has 0 spiro atoms. The summed E-state index contributed by atoms with van der Waals surface area (Å²) in [6.07, 6.45) is 1.69. The number of rotatable bonds is 6. The molecule has 4 rings (SSSR count). The van der Waals surface area contributed by atoms with Crippen molar-refractivity contribution in [1.82, 2.24) is 9.97 Å². The van der Waals surface area contributed by atoms with E-state index in [-0.39, 0.29) is 5.82 Å². The van der Waals surface area contributed by atoms with Crippen LogP contribution >= 0.6 is 15.9 Å². The van der Waals surface area contributed by atoms with Crippen molar-refractivity contribution >= 4 is 38.6 Å². The number of nitrogens with zero attached hydrogens (tertiary/aromatic N) is 2. The van der Waals surface area contributed by atoms with Gasteiger partial charge in [0.25, 0.3) is 0 Å². The van der Waals surface area contributed by atoms with E-state index in [0.717, 1.165) is 16.7 Å². The van der Waals surface area contributed by atoms with Crippen molar-refractivity contribution in [3.63, 3.8) is 0 Å². The first kappa shape index (κ1) is 21.6. The van der Waals surface area contributed by atoms with Crippen molar-refractivity contribution in [3.05, 3.63) is 87.4 Å². The number of imidazole rings is 1. The molecular weight excluding hydrogens is 473 g/mol. The number of nitriles is 1. The van der Waals surface area contributed by atoms with Crippen molar-refractivity contribution in [2.45, 2.75) is 13.5 Å². The summed E-state index contributed by atoms with van der Waals surface area (Å²) in [5, 5.41) is 9.68. The molecule has 0 saturated carbocycles. The predicted octanol–water partition coefficient (Wildman–Crippen LogP) is 6.42. The van der Waals surface area contributed by atoms with Gasteiger partial charge in [0.1, 0.15) is 24.3 Å². The first-order valence-electron chi connectivity index (χ1n) is 9.80. The molecule has 0 aliphatic carbocycles. The Morgan fingerprint density at radius 2 is 2.06 bits per heavy atom. The van der Waals surface area contributed by atoms with Gasteiger partial charge >= 0.3 is 0 Å². The SMILES string of the molecule is COc1cc(/C=C(/C#N)c2nc3ccc(F)cc3[nH]2)cc(Br)c1OCc1cccc(C)c1. The number of allylic oxidation sites excluding steroid dienone is 1. The highest BCUT2D eigenvalue weighted by Crippen LogP contribution is 2.38. The Hall–Kier alpha value is -3.63. The lowest BCUT2D eigenvalue weighted by Gasteiger charge is -2.14. The second-order valence-electron chi connectivity index (χ2n) is 7.23. The summed E-state index contributed by atoms with van der Waals surface area (Å²) in [5.74, 6) is 1.10. The molecule has 0 atom stereocenters. The van der Waals surface area contributed by atoms with E-state index in [2.05, 4.69) is 38.0 Å². The molecule has 7 heteroatoms. The number of ether oxygens (including phenoxy) is 2. The van der Waals surface area contributed by atoms with E-state index in [9.17, 15) is 9.65 Å². The van der Waals surface area contributed by atoms with Crippen molar-refractivity contribution < 1.29 is 13.9 Å². The van der Waals surface area contributed by atoms with E-state index in [0.29, 0.717) is 45.0 Å². The van der Waals surface area contributed by atoms with Gasteiger partial charge in [-0.15, -0.1) is 0 Å². The summed E-state index contributed by atoms with van der Waals surface area (Å²) in [6.45, 7) is 2.43. The molecule has 0 aliphatic heterocycles. The van der Waals surface area contributed by atoms with E-state index < -0.39 is 0 Å². The Morgan fingerprint density at radius 1 is 1.22 bits per heavy atom. The number of benzene rings is 3. The Kier molecular flexibility index (Phi) is 6.24. The van der Waals surface area contributed by atoms with Gasteiger partial charge in [0.15, 0.2) is 11.5 Å². The van der Waals surface area contributed by atoms with Gasteiger partial charge in [-0.2, -0.15) is 5.26 Å². The summed E-state index contributed by atoms with van der Waals surface area (Å²) in [4.78, 5) is 7.39. The number of fused-ring (bicyclic) bond motifs is 1. The molecule has 0 bridgehead atoms. The maximum Gasteiger partial charge on any atom is 0.175 e. The van der Waals surface area contributed by atoms with Crippen LogP contribution in [0.2, 0.25) is 0 Å². The molecule has 3 aromatic carbocycles. The van der Waals surface area contributed by atoms with E-state index in [1.807, 2.05) is 31.2 Å². The van der Waals surface area contributed by atoms with Gasteiger partial charge < -0.3 is 14.5 Å². The summed E-state index contributed by atoms with van der Waals surface area (Å²) < 4.78 is 25.7. The number of halogens is 2. The van der Waals surface area contributed by atoms with Crippen molar-refractivity contribution in [2.24, 2.45) is 0 Å². The number of aryl methyl sites for hydroxylation is 1. The number of H-pyrrole nitrogens is 1. The van der Waals surface area contributed by atoms with E-state index in [4.69, 9.17) is 9.47 Å². The molecule has 4 aromatic rings. The molecule has 0 amide bonds. The summed E-state index contributed by atoms with van der Waals surface area (Å²) in [6, 6.07) is 18.1. The van der Waals surface area contributed by atoms with Gasteiger partial charge in [0.05, 0.1) is 28.2 Å². The van der Waals surface area contributed by atoms with Gasteiger partial charge in [0.2, 0.25) is 0 Å². The lowest BCUT2D eigenvalue weighted by atomic mass is 10.1. The molecule has 160 valence electrons. The average Bonchev–Trinajstić information content (AvgIpc) is 3.19. The molecule has 1 N–H and O–H groups in total. The number of aromatic nitrogens is 2. The Bertz CT molecular complexity index is 1370. The molecule has 0 fully saturated rings. The molecular formula is C25H19BrFN3O2. The van der Waals surface area contributed by atoms with Crippen LogP contribution in [0.3, 0.4) is 0 Å². The van der Waals surface area contributed by atoms with Gasteiger partial charge in [-0.1, -0.05) is 29.8 Å². The van der Waals surface area contributed by atoms with Gasteiger partial charge in [-0.25, -0.2) is 9.37 Å². The zero-order valence-corrected chi connectivity index (χ0v) is 19.0. The Labute approximate surface area is 193 Å². The third kappa shape index (κ3) is 4.66. The van der Waals surface area contributed by atoms with Crippen LogP contribution in [0.4, 0.5) is 4.39 Å². The number of hydrogen-bond acceptors (Lipinski definition) is 4. The van der Waals surface area contributed by atoms with Gasteiger partial charge in [-0.05, 0) is 70.4 Å². The first-order chi connectivity index (χ1) is 15.5. The first-order valence-corrected chi connectivity index (χ1v) is 10.6. The third-order valence-corrected chi connectivity index (χ3v) is 5.44. The molecule has 5 nitrogen and oxygen atoms in total. The second kappa shape index (κ2) is 9.25. The fourth-order valence-corrected chi connectivity index (χ4v) is 3.92. The van der Waals surface area contributed by atoms with Crippen molar-refractivity contribution in [3.8, 4) is 17.6 Å². The summed E-state index contributed by atoms with van der Waals surface area (Å²) in [5.41, 5.74) is 4.36. The van der Waals surface area contributed by atoms with Crippen LogP contribution in [0.5, 0.6) is 11.5 Å². The molecule has 0 radical (unpaired) electrons. The number of hydrogen-bond donors (Lipinski definition) is 1. The maximum absolute atomic E-state index is 13.5. The van der Waals surface area contributed by atoms with Crippen LogP contribution in [0, 0.1) is 24.1 Å². The highest BCUT2D eigenvalue weighted by molar-refractivity contribution is 9.10. The smallest absolute Gasteiger partial charge is 0.175 e. The molecule has 0 saturated heterocycles. The highest BCUT2D eigenvalue weighted by Gasteiger charge is 2.14. The van der Waals surface area contributed by atoms with Crippen molar-refractivity contribution in [2.75, 3.05) is 7.11 Å². The topological polar surface area (TPSA) is 70.9 Å². The van der Waals surface area contributed by atoms with Crippen LogP contribution < -0.4 is 9.47 Å². The third-order valence-electron chi connectivity index (χ3n) is 4.85. The zero-order valence-electron chi connectivity index (χ0n) is 17.4. The van der Waals surface area contributed by atoms with E-state index in [1.165, 1.54) is 12.1 Å². The highest BCUT2D eigenvalue weighted by atomic mass is 79.9. The van der Waals surface area contributed by atoms with Gasteiger partial charge in [-0.3, -0.25) is 0 Å². The monoisotopic (exact) mass is 491 g/mol.